The summed E-state index contributed by atoms with van der Waals surface area (Å²) in [5.41, 5.74) is 6.61. The fourth-order valence-electron chi connectivity index (χ4n) is 1.83. The third kappa shape index (κ3) is 2.89. The van der Waals surface area contributed by atoms with E-state index in [1.54, 1.807) is 0 Å². The molecule has 0 bridgehead atoms. The molecule has 0 aromatic heterocycles. The SMILES string of the molecule is Cc1c(C)c(C)c(C#CS(C)(=O)=O)c(C)c1C. The largest absolute Gasteiger partial charge is 0.216 e. The molecule has 0 saturated carbocycles. The normalized spacial score (nSPS) is 10.9. The molecular weight excluding hydrogens is 232 g/mol. The molecule has 92 valence electrons. The molecule has 1 aromatic rings. The number of hydrogen-bond acceptors (Lipinski definition) is 2. The molecule has 0 radical (unpaired) electrons. The first kappa shape index (κ1) is 13.8. The zero-order chi connectivity index (χ0) is 13.4. The summed E-state index contributed by atoms with van der Waals surface area (Å²) in [6.07, 6.45) is 1.12. The first-order valence-corrected chi connectivity index (χ1v) is 7.34. The Morgan fingerprint density at radius 1 is 0.765 bits per heavy atom. The summed E-state index contributed by atoms with van der Waals surface area (Å²) < 4.78 is 22.2. The van der Waals surface area contributed by atoms with Crippen molar-refractivity contribution in [2.45, 2.75) is 34.6 Å². The summed E-state index contributed by atoms with van der Waals surface area (Å²) in [5.74, 6) is 2.79. The van der Waals surface area contributed by atoms with Gasteiger partial charge in [0.1, 0.15) is 0 Å². The lowest BCUT2D eigenvalue weighted by atomic mass is 9.90. The van der Waals surface area contributed by atoms with Gasteiger partial charge in [0.25, 0.3) is 0 Å². The van der Waals surface area contributed by atoms with Gasteiger partial charge in [-0.25, -0.2) is 8.42 Å². The van der Waals surface area contributed by atoms with Crippen LogP contribution in [0.3, 0.4) is 0 Å². The highest BCUT2D eigenvalue weighted by Crippen LogP contribution is 2.25. The van der Waals surface area contributed by atoms with Crippen molar-refractivity contribution in [3.05, 3.63) is 33.4 Å². The molecule has 0 fully saturated rings. The molecule has 17 heavy (non-hydrogen) atoms. The molecule has 0 N–H and O–H groups in total. The molecule has 0 aliphatic rings. The van der Waals surface area contributed by atoms with Crippen molar-refractivity contribution < 1.29 is 8.42 Å². The zero-order valence-electron chi connectivity index (χ0n) is 11.2. The maximum Gasteiger partial charge on any atom is 0.214 e. The van der Waals surface area contributed by atoms with Gasteiger partial charge in [-0.3, -0.25) is 0 Å². The number of benzene rings is 1. The van der Waals surface area contributed by atoms with Gasteiger partial charge < -0.3 is 0 Å². The molecule has 0 amide bonds. The molecule has 3 heteroatoms. The zero-order valence-corrected chi connectivity index (χ0v) is 12.0. The first-order chi connectivity index (χ1) is 7.65. The smallest absolute Gasteiger partial charge is 0.214 e. The lowest BCUT2D eigenvalue weighted by Crippen LogP contribution is -2.00. The van der Waals surface area contributed by atoms with Gasteiger partial charge in [-0.1, -0.05) is 0 Å². The lowest BCUT2D eigenvalue weighted by molar-refractivity contribution is 0.611. The van der Waals surface area contributed by atoms with Gasteiger partial charge in [0.15, 0.2) is 0 Å². The second kappa shape index (κ2) is 4.54. The van der Waals surface area contributed by atoms with E-state index in [0.717, 1.165) is 22.9 Å². The Bertz CT molecular complexity index is 597. The number of hydrogen-bond donors (Lipinski definition) is 0. The van der Waals surface area contributed by atoms with Gasteiger partial charge in [-0.2, -0.15) is 0 Å². The van der Waals surface area contributed by atoms with Crippen molar-refractivity contribution in [1.29, 1.82) is 0 Å². The van der Waals surface area contributed by atoms with Crippen LogP contribution in [0.15, 0.2) is 0 Å². The first-order valence-electron chi connectivity index (χ1n) is 5.45. The summed E-state index contributed by atoms with van der Waals surface area (Å²) in [6.45, 7) is 10.1. The molecule has 0 spiro atoms. The second-order valence-corrected chi connectivity index (χ2v) is 6.25. The minimum atomic E-state index is -3.25. The Hall–Kier alpha value is -1.27. The quantitative estimate of drug-likeness (QED) is 0.663. The predicted molar refractivity (Wildman–Crippen MR) is 71.8 cm³/mol. The predicted octanol–water partition coefficient (Wildman–Crippen LogP) is 2.58. The van der Waals surface area contributed by atoms with Crippen LogP contribution in [-0.4, -0.2) is 14.7 Å². The van der Waals surface area contributed by atoms with Crippen LogP contribution >= 0.6 is 0 Å². The second-order valence-electron chi connectivity index (χ2n) is 4.50. The van der Waals surface area contributed by atoms with Gasteiger partial charge in [0.05, 0.1) is 6.26 Å². The number of sulfone groups is 1. The van der Waals surface area contributed by atoms with Crippen LogP contribution in [0, 0.1) is 45.8 Å². The molecule has 0 aliphatic carbocycles. The maximum atomic E-state index is 11.1. The lowest BCUT2D eigenvalue weighted by Gasteiger charge is -2.14. The number of rotatable bonds is 0. The van der Waals surface area contributed by atoms with Crippen molar-refractivity contribution >= 4 is 9.84 Å². The minimum absolute atomic E-state index is 0.844. The fourth-order valence-corrected chi connectivity index (χ4v) is 2.12. The van der Waals surface area contributed by atoms with E-state index in [1.807, 2.05) is 27.7 Å². The van der Waals surface area contributed by atoms with E-state index >= 15 is 0 Å². The summed E-state index contributed by atoms with van der Waals surface area (Å²) in [5, 5.41) is 2.32. The van der Waals surface area contributed by atoms with E-state index in [1.165, 1.54) is 16.7 Å². The van der Waals surface area contributed by atoms with Crippen molar-refractivity contribution in [3.63, 3.8) is 0 Å². The summed E-state index contributed by atoms with van der Waals surface area (Å²) in [6, 6.07) is 0. The van der Waals surface area contributed by atoms with Crippen molar-refractivity contribution in [2.75, 3.05) is 6.26 Å². The standard InChI is InChI=1S/C14H18O2S/c1-9-10(2)12(4)14(13(5)11(9)3)7-8-17(6,15)16/h1-6H3. The van der Waals surface area contributed by atoms with Gasteiger partial charge >= 0.3 is 0 Å². The van der Waals surface area contributed by atoms with Gasteiger partial charge in [0.2, 0.25) is 9.84 Å². The molecule has 0 aliphatic heterocycles. The van der Waals surface area contributed by atoms with Crippen molar-refractivity contribution in [2.24, 2.45) is 0 Å². The highest BCUT2D eigenvalue weighted by molar-refractivity contribution is 7.95. The summed E-state index contributed by atoms with van der Waals surface area (Å²) >= 11 is 0. The van der Waals surface area contributed by atoms with Crippen LogP contribution in [0.4, 0.5) is 0 Å². The van der Waals surface area contributed by atoms with Crippen LogP contribution in [0.2, 0.25) is 0 Å². The Balaban J connectivity index is 3.60. The van der Waals surface area contributed by atoms with Crippen LogP contribution in [0.1, 0.15) is 33.4 Å². The third-order valence-electron chi connectivity index (χ3n) is 3.36. The van der Waals surface area contributed by atoms with E-state index in [4.69, 9.17) is 0 Å². The monoisotopic (exact) mass is 250 g/mol. The molecule has 0 saturated heterocycles. The minimum Gasteiger partial charge on any atom is -0.216 e. The highest BCUT2D eigenvalue weighted by atomic mass is 32.2. The van der Waals surface area contributed by atoms with Gasteiger partial charge in [0, 0.05) is 10.8 Å². The highest BCUT2D eigenvalue weighted by Gasteiger charge is 2.10. The molecule has 1 rings (SSSR count). The molecule has 1 aromatic carbocycles. The van der Waals surface area contributed by atoms with Crippen LogP contribution in [-0.2, 0) is 9.84 Å². The molecule has 0 unspecified atom stereocenters. The Kier molecular flexibility index (Phi) is 3.68. The summed E-state index contributed by atoms with van der Waals surface area (Å²) in [7, 11) is -3.25. The Labute approximate surface area is 104 Å². The average Bonchev–Trinajstić information content (AvgIpc) is 2.22. The van der Waals surface area contributed by atoms with E-state index in [9.17, 15) is 8.42 Å². The maximum absolute atomic E-state index is 11.1. The van der Waals surface area contributed by atoms with Gasteiger partial charge in [-0.05, 0) is 68.4 Å². The van der Waals surface area contributed by atoms with Crippen molar-refractivity contribution in [3.8, 4) is 11.2 Å². The molecule has 2 nitrogen and oxygen atoms in total. The molecule has 0 heterocycles. The molecule has 0 atom stereocenters. The average molecular weight is 250 g/mol. The van der Waals surface area contributed by atoms with E-state index in [2.05, 4.69) is 18.1 Å². The Morgan fingerprint density at radius 2 is 1.12 bits per heavy atom. The van der Waals surface area contributed by atoms with E-state index in [-0.39, 0.29) is 0 Å². The van der Waals surface area contributed by atoms with Crippen LogP contribution in [0.25, 0.3) is 0 Å². The summed E-state index contributed by atoms with van der Waals surface area (Å²) in [4.78, 5) is 0. The van der Waals surface area contributed by atoms with Crippen LogP contribution < -0.4 is 0 Å². The van der Waals surface area contributed by atoms with E-state index in [0.29, 0.717) is 0 Å². The third-order valence-corrected chi connectivity index (χ3v) is 3.83. The Morgan fingerprint density at radius 3 is 1.47 bits per heavy atom. The fraction of sp³-hybridized carbons (Fsp3) is 0.429. The van der Waals surface area contributed by atoms with Crippen LogP contribution in [0.5, 0.6) is 0 Å². The van der Waals surface area contributed by atoms with E-state index < -0.39 is 9.84 Å². The topological polar surface area (TPSA) is 34.1 Å². The van der Waals surface area contributed by atoms with Gasteiger partial charge in [-0.15, -0.1) is 0 Å². The molecular formula is C14H18O2S. The van der Waals surface area contributed by atoms with Crippen molar-refractivity contribution in [1.82, 2.24) is 0 Å².